The lowest BCUT2D eigenvalue weighted by molar-refractivity contribution is 0.209. The fourth-order valence-corrected chi connectivity index (χ4v) is 3.39. The van der Waals surface area contributed by atoms with Crippen molar-refractivity contribution in [3.8, 4) is 5.82 Å². The number of aromatic nitrogens is 4. The summed E-state index contributed by atoms with van der Waals surface area (Å²) in [7, 11) is 0. The summed E-state index contributed by atoms with van der Waals surface area (Å²) < 4.78 is 7.19. The monoisotopic (exact) mass is 397 g/mol. The lowest BCUT2D eigenvalue weighted by atomic mass is 10.0. The van der Waals surface area contributed by atoms with E-state index < -0.39 is 0 Å². The van der Waals surface area contributed by atoms with Crippen LogP contribution in [-0.4, -0.2) is 43.6 Å². The Balaban J connectivity index is 1.61. The lowest BCUT2D eigenvalue weighted by Crippen LogP contribution is -2.01. The van der Waals surface area contributed by atoms with Gasteiger partial charge in [-0.1, -0.05) is 23.7 Å². The molecule has 3 heterocycles. The molecule has 0 amide bonds. The molecule has 7 nitrogen and oxygen atoms in total. The van der Waals surface area contributed by atoms with Gasteiger partial charge in [0.15, 0.2) is 0 Å². The molecular formula is C20H20ClN5O2. The van der Waals surface area contributed by atoms with Crippen LogP contribution < -0.4 is 0 Å². The highest BCUT2D eigenvalue weighted by atomic mass is 35.5. The van der Waals surface area contributed by atoms with Crippen molar-refractivity contribution >= 4 is 23.3 Å². The minimum absolute atomic E-state index is 0.103. The van der Waals surface area contributed by atoms with Crippen molar-refractivity contribution in [1.82, 2.24) is 19.5 Å². The van der Waals surface area contributed by atoms with E-state index in [-0.39, 0.29) is 6.61 Å². The van der Waals surface area contributed by atoms with Crippen LogP contribution >= 0.6 is 11.6 Å². The summed E-state index contributed by atoms with van der Waals surface area (Å²) in [6.45, 7) is 3.08. The summed E-state index contributed by atoms with van der Waals surface area (Å²) in [5.74, 6) is 1.16. The molecule has 1 saturated heterocycles. The number of benzene rings is 1. The van der Waals surface area contributed by atoms with Gasteiger partial charge in [0.1, 0.15) is 12.1 Å². The zero-order valence-corrected chi connectivity index (χ0v) is 16.2. The predicted molar refractivity (Wildman–Crippen MR) is 107 cm³/mol. The molecule has 0 atom stereocenters. The number of ether oxygens (including phenoxy) is 1. The maximum Gasteiger partial charge on any atom is 0.251 e. The highest BCUT2D eigenvalue weighted by Crippen LogP contribution is 2.23. The van der Waals surface area contributed by atoms with Crippen molar-refractivity contribution < 1.29 is 9.84 Å². The van der Waals surface area contributed by atoms with Crippen LogP contribution in [0, 0.1) is 6.92 Å². The van der Waals surface area contributed by atoms with Gasteiger partial charge in [-0.2, -0.15) is 4.98 Å². The quantitative estimate of drug-likeness (QED) is 0.714. The van der Waals surface area contributed by atoms with Gasteiger partial charge in [0, 0.05) is 35.8 Å². The van der Waals surface area contributed by atoms with Crippen LogP contribution in [0.15, 0.2) is 41.9 Å². The Labute approximate surface area is 167 Å². The summed E-state index contributed by atoms with van der Waals surface area (Å²) in [5.41, 5.74) is 4.42. The van der Waals surface area contributed by atoms with Gasteiger partial charge in [0.25, 0.3) is 5.95 Å². The van der Waals surface area contributed by atoms with E-state index >= 15 is 0 Å². The van der Waals surface area contributed by atoms with Crippen molar-refractivity contribution in [1.29, 1.82) is 0 Å². The topological polar surface area (TPSA) is 85.4 Å². The molecule has 0 saturated carbocycles. The maximum atomic E-state index is 9.60. The Morgan fingerprint density at radius 3 is 3.00 bits per heavy atom. The molecule has 28 heavy (non-hydrogen) atoms. The van der Waals surface area contributed by atoms with Gasteiger partial charge >= 0.3 is 0 Å². The van der Waals surface area contributed by atoms with Gasteiger partial charge in [-0.25, -0.2) is 15.0 Å². The Morgan fingerprint density at radius 2 is 2.21 bits per heavy atom. The molecule has 0 radical (unpaired) electrons. The molecular weight excluding hydrogens is 378 g/mol. The van der Waals surface area contributed by atoms with Crippen LogP contribution in [0.3, 0.4) is 0 Å². The van der Waals surface area contributed by atoms with Crippen LogP contribution in [0.2, 0.25) is 5.02 Å². The molecule has 1 aliphatic heterocycles. The molecule has 0 aliphatic carbocycles. The first-order valence-electron chi connectivity index (χ1n) is 9.02. The summed E-state index contributed by atoms with van der Waals surface area (Å²) in [6.07, 6.45) is 6.79. The van der Waals surface area contributed by atoms with E-state index in [9.17, 15) is 5.11 Å². The van der Waals surface area contributed by atoms with E-state index in [4.69, 9.17) is 16.3 Å². The zero-order chi connectivity index (χ0) is 19.5. The van der Waals surface area contributed by atoms with Crippen molar-refractivity contribution in [3.05, 3.63) is 64.3 Å². The third kappa shape index (κ3) is 3.96. The standard InChI is InChI=1S/C20H20ClN5O2/c1-13-8-22-20(24-15-5-6-28-11-15)25-19(13)26-9-16(23-12-26)7-14-3-2-4-18(21)17(14)10-27/h2-4,8-9,12,27H,5-7,10-11H2,1H3. The Kier molecular flexibility index (Phi) is 5.47. The second kappa shape index (κ2) is 8.18. The number of aryl methyl sites for hydroxylation is 1. The second-order valence-electron chi connectivity index (χ2n) is 6.64. The maximum absolute atomic E-state index is 9.60. The third-order valence-corrected chi connectivity index (χ3v) is 4.97. The van der Waals surface area contributed by atoms with Crippen molar-refractivity contribution in [2.24, 2.45) is 4.99 Å². The molecule has 0 unspecified atom stereocenters. The van der Waals surface area contributed by atoms with Crippen LogP contribution in [0.1, 0.15) is 28.8 Å². The Bertz CT molecular complexity index is 1020. The highest BCUT2D eigenvalue weighted by molar-refractivity contribution is 6.31. The fourth-order valence-electron chi connectivity index (χ4n) is 3.13. The van der Waals surface area contributed by atoms with Crippen molar-refractivity contribution in [2.45, 2.75) is 26.4 Å². The summed E-state index contributed by atoms with van der Waals surface area (Å²) >= 11 is 6.18. The Morgan fingerprint density at radius 1 is 1.32 bits per heavy atom. The summed E-state index contributed by atoms with van der Waals surface area (Å²) in [5, 5.41) is 10.2. The van der Waals surface area contributed by atoms with Gasteiger partial charge in [0.05, 0.1) is 31.2 Å². The first-order chi connectivity index (χ1) is 13.6. The number of halogens is 1. The van der Waals surface area contributed by atoms with Crippen LogP contribution in [0.5, 0.6) is 0 Å². The van der Waals surface area contributed by atoms with E-state index in [2.05, 4.69) is 19.9 Å². The highest BCUT2D eigenvalue weighted by Gasteiger charge is 2.13. The number of imidazole rings is 1. The van der Waals surface area contributed by atoms with Crippen molar-refractivity contribution in [3.63, 3.8) is 0 Å². The number of nitrogens with zero attached hydrogens (tertiary/aromatic N) is 5. The summed E-state index contributed by atoms with van der Waals surface area (Å²) in [4.78, 5) is 17.9. The molecule has 3 aromatic rings. The van der Waals surface area contributed by atoms with E-state index in [1.807, 2.05) is 29.8 Å². The normalized spacial score (nSPS) is 15.5. The average molecular weight is 398 g/mol. The number of aliphatic imine (C=N–C) groups is 1. The molecule has 1 aliphatic rings. The summed E-state index contributed by atoms with van der Waals surface area (Å²) in [6, 6.07) is 5.60. The third-order valence-electron chi connectivity index (χ3n) is 4.62. The first-order valence-corrected chi connectivity index (χ1v) is 9.40. The minimum Gasteiger partial charge on any atom is -0.392 e. The number of rotatable bonds is 5. The molecule has 1 fully saturated rings. The van der Waals surface area contributed by atoms with Crippen molar-refractivity contribution in [2.75, 3.05) is 13.2 Å². The average Bonchev–Trinajstić information content (AvgIpc) is 3.36. The van der Waals surface area contributed by atoms with Gasteiger partial charge < -0.3 is 9.84 Å². The van der Waals surface area contributed by atoms with E-state index in [1.165, 1.54) is 0 Å². The number of aliphatic hydroxyl groups is 1. The van der Waals surface area contributed by atoms with Gasteiger partial charge in [-0.05, 0) is 24.1 Å². The number of aliphatic hydroxyl groups excluding tert-OH is 1. The number of hydrogen-bond acceptors (Lipinski definition) is 6. The molecule has 8 heteroatoms. The molecule has 1 N–H and O–H groups in total. The molecule has 144 valence electrons. The fraction of sp³-hybridized carbons (Fsp3) is 0.300. The Hall–Kier alpha value is -2.61. The molecule has 1 aromatic carbocycles. The molecule has 4 rings (SSSR count). The van der Waals surface area contributed by atoms with E-state index in [0.717, 1.165) is 40.3 Å². The lowest BCUT2D eigenvalue weighted by Gasteiger charge is -2.08. The van der Waals surface area contributed by atoms with Crippen LogP contribution in [0.4, 0.5) is 5.95 Å². The van der Waals surface area contributed by atoms with Crippen LogP contribution in [-0.2, 0) is 17.8 Å². The van der Waals surface area contributed by atoms with Gasteiger partial charge in [-0.3, -0.25) is 4.57 Å². The molecule has 0 bridgehead atoms. The SMILES string of the molecule is Cc1cnc(N=C2CCOC2)nc1-n1cnc(Cc2cccc(Cl)c2CO)c1. The zero-order valence-electron chi connectivity index (χ0n) is 15.5. The van der Waals surface area contributed by atoms with Gasteiger partial charge in [0.2, 0.25) is 0 Å². The first kappa shape index (κ1) is 18.7. The van der Waals surface area contributed by atoms with Crippen LogP contribution in [0.25, 0.3) is 5.82 Å². The molecule has 2 aromatic heterocycles. The second-order valence-corrected chi connectivity index (χ2v) is 7.05. The van der Waals surface area contributed by atoms with E-state index in [0.29, 0.717) is 30.6 Å². The minimum atomic E-state index is -0.103. The smallest absolute Gasteiger partial charge is 0.251 e. The van der Waals surface area contributed by atoms with Gasteiger partial charge in [-0.15, -0.1) is 0 Å². The predicted octanol–water partition coefficient (Wildman–Crippen LogP) is 3.20. The molecule has 0 spiro atoms. The number of hydrogen-bond donors (Lipinski definition) is 1. The largest absolute Gasteiger partial charge is 0.392 e. The van der Waals surface area contributed by atoms with E-state index in [1.54, 1.807) is 18.6 Å².